The zero-order chi connectivity index (χ0) is 12.7. The zero-order valence-corrected chi connectivity index (χ0v) is 10.5. The smallest absolute Gasteiger partial charge is 0.273 e. The van der Waals surface area contributed by atoms with Gasteiger partial charge in [-0.15, -0.1) is 0 Å². The first-order valence-corrected chi connectivity index (χ1v) is 6.50. The maximum Gasteiger partial charge on any atom is 0.273 e. The summed E-state index contributed by atoms with van der Waals surface area (Å²) < 4.78 is 0. The van der Waals surface area contributed by atoms with Gasteiger partial charge in [0.2, 0.25) is 0 Å². The Morgan fingerprint density at radius 3 is 2.71 bits per heavy atom. The van der Waals surface area contributed by atoms with E-state index in [2.05, 4.69) is 5.48 Å². The first kappa shape index (κ1) is 14.4. The Bertz CT molecular complexity index is 230. The summed E-state index contributed by atoms with van der Waals surface area (Å²) in [6.07, 6.45) is 5.61. The van der Waals surface area contributed by atoms with Gasteiger partial charge in [-0.2, -0.15) is 0 Å². The molecule has 100 valence electrons. The van der Waals surface area contributed by atoms with Crippen LogP contribution in [0.1, 0.15) is 45.4 Å². The van der Waals surface area contributed by atoms with Crippen molar-refractivity contribution >= 4 is 5.91 Å². The number of amides is 1. The molecule has 2 atom stereocenters. The highest BCUT2D eigenvalue weighted by Gasteiger charge is 2.26. The SMILES string of the molecule is CCONC(=O)C(O)[C@H](N)CC1CCCCC1. The lowest BCUT2D eigenvalue weighted by atomic mass is 9.84. The molecule has 4 N–H and O–H groups in total. The van der Waals surface area contributed by atoms with Gasteiger partial charge in [0.25, 0.3) is 5.91 Å². The van der Waals surface area contributed by atoms with Gasteiger partial charge < -0.3 is 10.8 Å². The first-order valence-electron chi connectivity index (χ1n) is 6.50. The molecule has 0 aliphatic heterocycles. The van der Waals surface area contributed by atoms with Crippen molar-refractivity contribution in [3.05, 3.63) is 0 Å². The summed E-state index contributed by atoms with van der Waals surface area (Å²) in [5, 5.41) is 9.73. The molecule has 1 rings (SSSR count). The lowest BCUT2D eigenvalue weighted by Crippen LogP contribution is -2.47. The van der Waals surface area contributed by atoms with Crippen LogP contribution in [-0.4, -0.2) is 29.8 Å². The molecular weight excluding hydrogens is 220 g/mol. The number of nitrogens with one attached hydrogen (secondary N) is 1. The van der Waals surface area contributed by atoms with Gasteiger partial charge in [0.05, 0.1) is 6.61 Å². The Hall–Kier alpha value is -0.650. The predicted octanol–water partition coefficient (Wildman–Crippen LogP) is 0.713. The van der Waals surface area contributed by atoms with Crippen molar-refractivity contribution in [1.29, 1.82) is 0 Å². The van der Waals surface area contributed by atoms with E-state index >= 15 is 0 Å². The average molecular weight is 244 g/mol. The fourth-order valence-corrected chi connectivity index (χ4v) is 2.33. The molecule has 17 heavy (non-hydrogen) atoms. The Morgan fingerprint density at radius 2 is 2.12 bits per heavy atom. The van der Waals surface area contributed by atoms with Gasteiger partial charge in [0.15, 0.2) is 0 Å². The maximum absolute atomic E-state index is 11.4. The molecule has 1 aliphatic carbocycles. The number of hydroxylamine groups is 1. The molecule has 5 heteroatoms. The normalized spacial score (nSPS) is 20.9. The molecule has 1 aliphatic rings. The van der Waals surface area contributed by atoms with E-state index in [1.54, 1.807) is 6.92 Å². The fraction of sp³-hybridized carbons (Fsp3) is 0.917. The summed E-state index contributed by atoms with van der Waals surface area (Å²) in [5.41, 5.74) is 8.04. The topological polar surface area (TPSA) is 84.6 Å². The molecule has 0 spiro atoms. The largest absolute Gasteiger partial charge is 0.382 e. The lowest BCUT2D eigenvalue weighted by molar-refractivity contribution is -0.143. The molecule has 5 nitrogen and oxygen atoms in total. The van der Waals surface area contributed by atoms with Crippen molar-refractivity contribution in [3.8, 4) is 0 Å². The lowest BCUT2D eigenvalue weighted by Gasteiger charge is -2.26. The minimum atomic E-state index is -1.18. The summed E-state index contributed by atoms with van der Waals surface area (Å²) in [4.78, 5) is 16.2. The number of aliphatic hydroxyl groups excluding tert-OH is 1. The average Bonchev–Trinajstić information content (AvgIpc) is 2.36. The molecule has 0 bridgehead atoms. The number of carbonyl (C=O) groups is 1. The fourth-order valence-electron chi connectivity index (χ4n) is 2.33. The minimum Gasteiger partial charge on any atom is -0.382 e. The quantitative estimate of drug-likeness (QED) is 0.601. The summed E-state index contributed by atoms with van der Waals surface area (Å²) in [7, 11) is 0. The highest BCUT2D eigenvalue weighted by molar-refractivity contribution is 5.80. The first-order chi connectivity index (χ1) is 8.15. The monoisotopic (exact) mass is 244 g/mol. The molecule has 1 saturated carbocycles. The molecule has 0 aromatic rings. The van der Waals surface area contributed by atoms with Gasteiger partial charge in [0.1, 0.15) is 6.10 Å². The van der Waals surface area contributed by atoms with Crippen molar-refractivity contribution in [3.63, 3.8) is 0 Å². The molecular formula is C12H24N2O3. The van der Waals surface area contributed by atoms with Crippen molar-refractivity contribution < 1.29 is 14.7 Å². The molecule has 0 heterocycles. The van der Waals surface area contributed by atoms with Crippen LogP contribution in [0.25, 0.3) is 0 Å². The number of hydrogen-bond donors (Lipinski definition) is 3. The number of aliphatic hydroxyl groups is 1. The van der Waals surface area contributed by atoms with Crippen LogP contribution in [0.4, 0.5) is 0 Å². The Kier molecular flexibility index (Phi) is 6.47. The van der Waals surface area contributed by atoms with Gasteiger partial charge >= 0.3 is 0 Å². The van der Waals surface area contributed by atoms with E-state index in [1.165, 1.54) is 19.3 Å². The molecule has 1 unspecified atom stereocenters. The van der Waals surface area contributed by atoms with Crippen LogP contribution >= 0.6 is 0 Å². The zero-order valence-electron chi connectivity index (χ0n) is 10.5. The number of hydrogen-bond acceptors (Lipinski definition) is 4. The highest BCUT2D eigenvalue weighted by atomic mass is 16.7. The predicted molar refractivity (Wildman–Crippen MR) is 64.9 cm³/mol. The number of rotatable bonds is 6. The third kappa shape index (κ3) is 5.02. The van der Waals surface area contributed by atoms with Crippen LogP contribution in [0.5, 0.6) is 0 Å². The van der Waals surface area contributed by atoms with Crippen LogP contribution in [0.3, 0.4) is 0 Å². The maximum atomic E-state index is 11.4. The number of carbonyl (C=O) groups excluding carboxylic acids is 1. The molecule has 0 aromatic carbocycles. The van der Waals surface area contributed by atoms with Crippen molar-refractivity contribution in [2.24, 2.45) is 11.7 Å². The highest BCUT2D eigenvalue weighted by Crippen LogP contribution is 2.27. The number of nitrogens with two attached hydrogens (primary N) is 1. The Labute approximate surface area is 103 Å². The van der Waals surface area contributed by atoms with Crippen LogP contribution < -0.4 is 11.2 Å². The van der Waals surface area contributed by atoms with E-state index in [4.69, 9.17) is 10.6 Å². The van der Waals surface area contributed by atoms with Gasteiger partial charge in [-0.3, -0.25) is 9.63 Å². The van der Waals surface area contributed by atoms with Crippen molar-refractivity contribution in [1.82, 2.24) is 5.48 Å². The van der Waals surface area contributed by atoms with E-state index in [0.717, 1.165) is 12.8 Å². The van der Waals surface area contributed by atoms with Gasteiger partial charge in [-0.25, -0.2) is 5.48 Å². The van der Waals surface area contributed by atoms with Gasteiger partial charge in [-0.1, -0.05) is 32.1 Å². The molecule has 1 amide bonds. The van der Waals surface area contributed by atoms with Crippen molar-refractivity contribution in [2.75, 3.05) is 6.61 Å². The van der Waals surface area contributed by atoms with Crippen LogP contribution in [0.2, 0.25) is 0 Å². The molecule has 1 fully saturated rings. The molecule has 0 aromatic heterocycles. The third-order valence-corrected chi connectivity index (χ3v) is 3.32. The summed E-state index contributed by atoms with van der Waals surface area (Å²) in [6.45, 7) is 2.13. The van der Waals surface area contributed by atoms with Crippen LogP contribution in [0, 0.1) is 5.92 Å². The summed E-state index contributed by atoms with van der Waals surface area (Å²) in [5.74, 6) is 0.00320. The van der Waals surface area contributed by atoms with Gasteiger partial charge in [-0.05, 0) is 19.3 Å². The van der Waals surface area contributed by atoms with Crippen LogP contribution in [-0.2, 0) is 9.63 Å². The summed E-state index contributed by atoms with van der Waals surface area (Å²) >= 11 is 0. The third-order valence-electron chi connectivity index (χ3n) is 3.32. The second kappa shape index (κ2) is 7.63. The van der Waals surface area contributed by atoms with E-state index in [9.17, 15) is 9.90 Å². The molecule has 0 radical (unpaired) electrons. The van der Waals surface area contributed by atoms with E-state index in [-0.39, 0.29) is 0 Å². The minimum absolute atomic E-state index is 0.371. The Morgan fingerprint density at radius 1 is 1.47 bits per heavy atom. The van der Waals surface area contributed by atoms with E-state index in [1.807, 2.05) is 0 Å². The van der Waals surface area contributed by atoms with Gasteiger partial charge in [0, 0.05) is 6.04 Å². The van der Waals surface area contributed by atoms with Crippen LogP contribution in [0.15, 0.2) is 0 Å². The standard InChI is InChI=1S/C12H24N2O3/c1-2-17-14-12(16)11(15)10(13)8-9-6-4-3-5-7-9/h9-11,15H,2-8,13H2,1H3,(H,14,16)/t10-,11?/m1/s1. The summed E-state index contributed by atoms with van der Waals surface area (Å²) in [6, 6.07) is -0.501. The second-order valence-electron chi connectivity index (χ2n) is 4.75. The Balaban J connectivity index is 2.29. The van der Waals surface area contributed by atoms with E-state index in [0.29, 0.717) is 18.9 Å². The molecule has 0 saturated heterocycles. The van der Waals surface area contributed by atoms with E-state index < -0.39 is 18.1 Å². The van der Waals surface area contributed by atoms with Crippen molar-refractivity contribution in [2.45, 2.75) is 57.6 Å². The second-order valence-corrected chi connectivity index (χ2v) is 4.75.